The van der Waals surface area contributed by atoms with Crippen molar-refractivity contribution in [1.29, 1.82) is 0 Å². The Morgan fingerprint density at radius 2 is 1.68 bits per heavy atom. The molecule has 4 nitrogen and oxygen atoms in total. The summed E-state index contributed by atoms with van der Waals surface area (Å²) in [6, 6.07) is 11.3. The quantitative estimate of drug-likeness (QED) is 0.491. The van der Waals surface area contributed by atoms with Gasteiger partial charge in [-0.25, -0.2) is 0 Å². The standard InChI is InChI=1S/C19H16F5NO3/c1-25(12-14-7-3-5-9-16(14)28-19(22,23)24)17(26)11-10-13-6-2-4-8-15(13)27-18(20)21/h2-11,18H,12H2,1H3/b11-10+. The maximum absolute atomic E-state index is 12.5. The molecule has 0 radical (unpaired) electrons. The van der Waals surface area contributed by atoms with Gasteiger partial charge in [-0.1, -0.05) is 36.4 Å². The molecule has 2 aromatic carbocycles. The van der Waals surface area contributed by atoms with Crippen LogP contribution in [0.5, 0.6) is 11.5 Å². The Labute approximate surface area is 157 Å². The molecule has 0 bridgehead atoms. The monoisotopic (exact) mass is 401 g/mol. The van der Waals surface area contributed by atoms with Crippen molar-refractivity contribution in [2.24, 2.45) is 0 Å². The number of ether oxygens (including phenoxy) is 2. The normalized spacial score (nSPS) is 11.7. The SMILES string of the molecule is CN(Cc1ccccc1OC(F)(F)F)C(=O)/C=C/c1ccccc1OC(F)F. The van der Waals surface area contributed by atoms with Crippen LogP contribution in [0, 0.1) is 0 Å². The van der Waals surface area contributed by atoms with E-state index < -0.39 is 24.6 Å². The number of amides is 1. The number of hydrogen-bond acceptors (Lipinski definition) is 3. The van der Waals surface area contributed by atoms with Gasteiger partial charge in [-0.2, -0.15) is 8.78 Å². The van der Waals surface area contributed by atoms with E-state index in [1.807, 2.05) is 0 Å². The van der Waals surface area contributed by atoms with Gasteiger partial charge in [-0.05, 0) is 18.2 Å². The van der Waals surface area contributed by atoms with Crippen molar-refractivity contribution in [1.82, 2.24) is 4.90 Å². The van der Waals surface area contributed by atoms with Crippen molar-refractivity contribution < 1.29 is 36.2 Å². The van der Waals surface area contributed by atoms with E-state index >= 15 is 0 Å². The second-order valence-electron chi connectivity index (χ2n) is 5.60. The van der Waals surface area contributed by atoms with Gasteiger partial charge in [0, 0.05) is 30.8 Å². The summed E-state index contributed by atoms with van der Waals surface area (Å²) in [5, 5.41) is 0. The number of halogens is 5. The minimum atomic E-state index is -4.85. The van der Waals surface area contributed by atoms with E-state index in [0.717, 1.165) is 17.0 Å². The van der Waals surface area contributed by atoms with Crippen LogP contribution < -0.4 is 9.47 Å². The molecule has 0 aromatic heterocycles. The lowest BCUT2D eigenvalue weighted by atomic mass is 10.1. The molecule has 0 aliphatic rings. The molecule has 0 aliphatic heterocycles. The fourth-order valence-electron chi connectivity index (χ4n) is 2.30. The van der Waals surface area contributed by atoms with Crippen LogP contribution in [0.1, 0.15) is 11.1 Å². The van der Waals surface area contributed by atoms with Crippen LogP contribution in [-0.4, -0.2) is 30.8 Å². The van der Waals surface area contributed by atoms with Crippen LogP contribution in [0.4, 0.5) is 22.0 Å². The lowest BCUT2D eigenvalue weighted by molar-refractivity contribution is -0.275. The largest absolute Gasteiger partial charge is 0.573 e. The Hall–Kier alpha value is -3.10. The lowest BCUT2D eigenvalue weighted by Gasteiger charge is -2.18. The molecule has 9 heteroatoms. The molecule has 150 valence electrons. The summed E-state index contributed by atoms with van der Waals surface area (Å²) in [6.45, 7) is -3.16. The van der Waals surface area contributed by atoms with Crippen LogP contribution >= 0.6 is 0 Å². The molecule has 0 N–H and O–H groups in total. The number of hydrogen-bond donors (Lipinski definition) is 0. The van der Waals surface area contributed by atoms with Crippen molar-refractivity contribution in [2.75, 3.05) is 7.05 Å². The first kappa shape index (κ1) is 21.2. The Bertz CT molecular complexity index is 836. The van der Waals surface area contributed by atoms with Gasteiger partial charge < -0.3 is 14.4 Å². The highest BCUT2D eigenvalue weighted by atomic mass is 19.4. The first-order chi connectivity index (χ1) is 13.2. The maximum Gasteiger partial charge on any atom is 0.573 e. The highest BCUT2D eigenvalue weighted by Gasteiger charge is 2.32. The zero-order valence-corrected chi connectivity index (χ0v) is 14.6. The molecule has 2 rings (SSSR count). The third-order valence-corrected chi connectivity index (χ3v) is 3.52. The highest BCUT2D eigenvalue weighted by Crippen LogP contribution is 2.27. The van der Waals surface area contributed by atoms with E-state index in [0.29, 0.717) is 0 Å². The Morgan fingerprint density at radius 3 is 2.32 bits per heavy atom. The average Bonchev–Trinajstić information content (AvgIpc) is 2.60. The second kappa shape index (κ2) is 9.20. The zero-order chi connectivity index (χ0) is 20.7. The summed E-state index contributed by atoms with van der Waals surface area (Å²) >= 11 is 0. The highest BCUT2D eigenvalue weighted by molar-refractivity contribution is 5.92. The molecule has 0 fully saturated rings. The Morgan fingerprint density at radius 1 is 1.07 bits per heavy atom. The molecule has 2 aromatic rings. The smallest absolute Gasteiger partial charge is 0.434 e. The van der Waals surface area contributed by atoms with E-state index in [9.17, 15) is 26.7 Å². The first-order valence-electron chi connectivity index (χ1n) is 7.96. The van der Waals surface area contributed by atoms with Crippen LogP contribution in [0.2, 0.25) is 0 Å². The van der Waals surface area contributed by atoms with E-state index in [4.69, 9.17) is 0 Å². The van der Waals surface area contributed by atoms with Crippen molar-refractivity contribution in [3.63, 3.8) is 0 Å². The summed E-state index contributed by atoms with van der Waals surface area (Å²) in [5.74, 6) is -1.06. The fourth-order valence-corrected chi connectivity index (χ4v) is 2.30. The van der Waals surface area contributed by atoms with E-state index in [-0.39, 0.29) is 23.4 Å². The number of carbonyl (C=O) groups excluding carboxylic acids is 1. The molecule has 0 atom stereocenters. The number of alkyl halides is 5. The van der Waals surface area contributed by atoms with Gasteiger partial charge in [0.15, 0.2) is 0 Å². The average molecular weight is 401 g/mol. The van der Waals surface area contributed by atoms with Crippen molar-refractivity contribution in [3.05, 3.63) is 65.7 Å². The summed E-state index contributed by atoms with van der Waals surface area (Å²) in [4.78, 5) is 13.4. The van der Waals surface area contributed by atoms with Gasteiger partial charge in [-0.3, -0.25) is 4.79 Å². The number of benzene rings is 2. The Kier molecular flexibility index (Phi) is 6.97. The van der Waals surface area contributed by atoms with Crippen LogP contribution in [0.25, 0.3) is 6.08 Å². The van der Waals surface area contributed by atoms with Gasteiger partial charge in [0.1, 0.15) is 11.5 Å². The van der Waals surface area contributed by atoms with Gasteiger partial charge in [0.05, 0.1) is 0 Å². The van der Waals surface area contributed by atoms with Crippen molar-refractivity contribution in [3.8, 4) is 11.5 Å². The van der Waals surface area contributed by atoms with Gasteiger partial charge in [0.2, 0.25) is 5.91 Å². The molecule has 0 saturated heterocycles. The summed E-state index contributed by atoms with van der Waals surface area (Å²) in [7, 11) is 1.39. The molecule has 0 unspecified atom stereocenters. The van der Waals surface area contributed by atoms with Crippen LogP contribution in [-0.2, 0) is 11.3 Å². The van der Waals surface area contributed by atoms with Gasteiger partial charge in [-0.15, -0.1) is 13.2 Å². The number of nitrogens with zero attached hydrogens (tertiary/aromatic N) is 1. The van der Waals surface area contributed by atoms with Crippen LogP contribution in [0.15, 0.2) is 54.6 Å². The molecule has 0 saturated carbocycles. The molecular formula is C19H16F5NO3. The lowest BCUT2D eigenvalue weighted by Crippen LogP contribution is -2.25. The third kappa shape index (κ3) is 6.57. The van der Waals surface area contributed by atoms with Crippen LogP contribution in [0.3, 0.4) is 0 Å². The number of rotatable bonds is 7. The fraction of sp³-hybridized carbons (Fsp3) is 0.211. The number of carbonyl (C=O) groups is 1. The van der Waals surface area contributed by atoms with E-state index in [1.165, 1.54) is 49.5 Å². The predicted molar refractivity (Wildman–Crippen MR) is 91.7 cm³/mol. The molecule has 0 heterocycles. The van der Waals surface area contributed by atoms with Crippen molar-refractivity contribution >= 4 is 12.0 Å². The van der Waals surface area contributed by atoms with E-state index in [2.05, 4.69) is 9.47 Å². The topological polar surface area (TPSA) is 38.8 Å². The second-order valence-corrected chi connectivity index (χ2v) is 5.60. The predicted octanol–water partition coefficient (Wildman–Crippen LogP) is 4.86. The molecule has 28 heavy (non-hydrogen) atoms. The zero-order valence-electron chi connectivity index (χ0n) is 14.6. The van der Waals surface area contributed by atoms with Gasteiger partial charge >= 0.3 is 13.0 Å². The van der Waals surface area contributed by atoms with Gasteiger partial charge in [0.25, 0.3) is 0 Å². The summed E-state index contributed by atoms with van der Waals surface area (Å²) < 4.78 is 70.6. The molecule has 0 spiro atoms. The maximum atomic E-state index is 12.5. The molecular weight excluding hydrogens is 385 g/mol. The van der Waals surface area contributed by atoms with E-state index in [1.54, 1.807) is 6.07 Å². The molecule has 0 aliphatic carbocycles. The number of likely N-dealkylation sites (N-methyl/N-ethyl adjacent to an activating group) is 1. The molecule has 1 amide bonds. The minimum Gasteiger partial charge on any atom is -0.434 e. The first-order valence-corrected chi connectivity index (χ1v) is 7.96. The summed E-state index contributed by atoms with van der Waals surface area (Å²) in [5.41, 5.74) is 0.413. The third-order valence-electron chi connectivity index (χ3n) is 3.52. The Balaban J connectivity index is 2.10. The number of para-hydroxylation sites is 2. The minimum absolute atomic E-state index is 0.104. The summed E-state index contributed by atoms with van der Waals surface area (Å²) in [6.07, 6.45) is -2.46. The van der Waals surface area contributed by atoms with Crippen molar-refractivity contribution in [2.45, 2.75) is 19.5 Å².